The van der Waals surface area contributed by atoms with Crippen molar-refractivity contribution in [1.29, 1.82) is 0 Å². The summed E-state index contributed by atoms with van der Waals surface area (Å²) in [5.41, 5.74) is 6.58. The highest BCUT2D eigenvalue weighted by atomic mass is 32.2. The minimum atomic E-state index is -0.0931. The van der Waals surface area contributed by atoms with Crippen molar-refractivity contribution in [3.05, 3.63) is 57.2 Å². The van der Waals surface area contributed by atoms with Crippen LogP contribution in [0, 0.1) is 27.7 Å². The van der Waals surface area contributed by atoms with E-state index in [1.54, 1.807) is 0 Å². The lowest BCUT2D eigenvalue weighted by molar-refractivity contribution is -0.115. The van der Waals surface area contributed by atoms with Crippen molar-refractivity contribution in [1.82, 2.24) is 9.88 Å². The molecule has 1 fully saturated rings. The molecular formula is C19H21N3OS. The standard InChI is InChI=1S/C19H21N3OS/c1-11-6-7-16(12(2)8-11)20-19-21-18(23)17(24-19)10-15-9-13(3)22(5)14(15)4/h6-10H,1-5H3,(H,20,21,23)/b17-10-. The van der Waals surface area contributed by atoms with Gasteiger partial charge in [-0.3, -0.25) is 4.79 Å². The monoisotopic (exact) mass is 339 g/mol. The summed E-state index contributed by atoms with van der Waals surface area (Å²) in [5, 5.41) is 3.48. The first-order valence-electron chi connectivity index (χ1n) is 7.85. The Kier molecular flexibility index (Phi) is 4.37. The van der Waals surface area contributed by atoms with Crippen molar-refractivity contribution in [2.24, 2.45) is 12.0 Å². The SMILES string of the molecule is Cc1ccc(N=C2NC(=O)/C(=C/c3cc(C)n(C)c3C)S2)c(C)c1. The molecule has 1 amide bonds. The number of thioether (sulfide) groups is 1. The number of aliphatic imine (C=N–C) groups is 1. The molecule has 0 saturated carbocycles. The molecule has 1 aliphatic rings. The minimum Gasteiger partial charge on any atom is -0.352 e. The summed E-state index contributed by atoms with van der Waals surface area (Å²) in [6.45, 7) is 8.20. The van der Waals surface area contributed by atoms with Gasteiger partial charge in [0.2, 0.25) is 0 Å². The fourth-order valence-corrected chi connectivity index (χ4v) is 3.52. The quantitative estimate of drug-likeness (QED) is 0.836. The second-order valence-electron chi connectivity index (χ2n) is 6.16. The number of hydrogen-bond acceptors (Lipinski definition) is 3. The molecule has 0 spiro atoms. The molecule has 1 aliphatic heterocycles. The van der Waals surface area contributed by atoms with Gasteiger partial charge in [-0.1, -0.05) is 17.7 Å². The molecule has 4 nitrogen and oxygen atoms in total. The van der Waals surface area contributed by atoms with Crippen LogP contribution in [0.5, 0.6) is 0 Å². The van der Waals surface area contributed by atoms with Crippen LogP contribution in [-0.4, -0.2) is 15.6 Å². The Bertz CT molecular complexity index is 890. The van der Waals surface area contributed by atoms with E-state index in [9.17, 15) is 4.79 Å². The fourth-order valence-electron chi connectivity index (χ4n) is 2.69. The first-order valence-corrected chi connectivity index (χ1v) is 8.66. The molecule has 0 aliphatic carbocycles. The highest BCUT2D eigenvalue weighted by molar-refractivity contribution is 8.18. The van der Waals surface area contributed by atoms with Gasteiger partial charge in [0.25, 0.3) is 5.91 Å². The van der Waals surface area contributed by atoms with Gasteiger partial charge in [-0.05, 0) is 68.8 Å². The van der Waals surface area contributed by atoms with Gasteiger partial charge in [0, 0.05) is 18.4 Å². The Morgan fingerprint density at radius 1 is 1.17 bits per heavy atom. The number of aromatic nitrogens is 1. The zero-order valence-corrected chi connectivity index (χ0v) is 15.4. The molecular weight excluding hydrogens is 318 g/mol. The summed E-state index contributed by atoms with van der Waals surface area (Å²) in [4.78, 5) is 17.5. The van der Waals surface area contributed by atoms with E-state index in [0.29, 0.717) is 10.1 Å². The average molecular weight is 339 g/mol. The van der Waals surface area contributed by atoms with Crippen molar-refractivity contribution in [2.75, 3.05) is 0 Å². The molecule has 2 aromatic rings. The molecule has 3 rings (SSSR count). The van der Waals surface area contributed by atoms with E-state index in [1.807, 2.05) is 32.2 Å². The maximum Gasteiger partial charge on any atom is 0.264 e. The van der Waals surface area contributed by atoms with Crippen LogP contribution >= 0.6 is 11.8 Å². The summed E-state index contributed by atoms with van der Waals surface area (Å²) in [6, 6.07) is 8.20. The van der Waals surface area contributed by atoms with Crippen LogP contribution in [0.15, 0.2) is 34.2 Å². The van der Waals surface area contributed by atoms with Crippen molar-refractivity contribution in [3.8, 4) is 0 Å². The summed E-state index contributed by atoms with van der Waals surface area (Å²) in [6.07, 6.45) is 1.94. The number of amides is 1. The molecule has 0 atom stereocenters. The van der Waals surface area contributed by atoms with E-state index >= 15 is 0 Å². The molecule has 1 N–H and O–H groups in total. The van der Waals surface area contributed by atoms with Gasteiger partial charge in [-0.2, -0.15) is 0 Å². The van der Waals surface area contributed by atoms with E-state index in [-0.39, 0.29) is 5.91 Å². The Labute approximate surface area is 146 Å². The second kappa shape index (κ2) is 6.32. The first kappa shape index (κ1) is 16.6. The number of hydrogen-bond donors (Lipinski definition) is 1. The summed E-state index contributed by atoms with van der Waals surface area (Å²) in [5.74, 6) is -0.0931. The van der Waals surface area contributed by atoms with Gasteiger partial charge in [-0.25, -0.2) is 4.99 Å². The molecule has 0 bridgehead atoms. The van der Waals surface area contributed by atoms with E-state index in [4.69, 9.17) is 0 Å². The molecule has 5 heteroatoms. The lowest BCUT2D eigenvalue weighted by Gasteiger charge is -2.02. The minimum absolute atomic E-state index is 0.0931. The number of nitrogens with one attached hydrogen (secondary N) is 1. The van der Waals surface area contributed by atoms with E-state index in [2.05, 4.69) is 47.8 Å². The number of nitrogens with zero attached hydrogens (tertiary/aromatic N) is 2. The van der Waals surface area contributed by atoms with Gasteiger partial charge in [0.15, 0.2) is 5.17 Å². The first-order chi connectivity index (χ1) is 11.3. The number of carbonyl (C=O) groups is 1. The number of aryl methyl sites for hydroxylation is 3. The predicted octanol–water partition coefficient (Wildman–Crippen LogP) is 4.15. The smallest absolute Gasteiger partial charge is 0.264 e. The normalized spacial score (nSPS) is 17.8. The van der Waals surface area contributed by atoms with Crippen molar-refractivity contribution in [2.45, 2.75) is 27.7 Å². The largest absolute Gasteiger partial charge is 0.352 e. The topological polar surface area (TPSA) is 46.4 Å². The third-order valence-corrected chi connectivity index (χ3v) is 5.24. The van der Waals surface area contributed by atoms with Gasteiger partial charge < -0.3 is 9.88 Å². The Morgan fingerprint density at radius 3 is 2.54 bits per heavy atom. The van der Waals surface area contributed by atoms with Crippen LogP contribution in [0.4, 0.5) is 5.69 Å². The third-order valence-electron chi connectivity index (χ3n) is 4.33. The predicted molar refractivity (Wildman–Crippen MR) is 102 cm³/mol. The molecule has 2 heterocycles. The maximum absolute atomic E-state index is 12.2. The molecule has 1 aromatic heterocycles. The van der Waals surface area contributed by atoms with Crippen molar-refractivity contribution < 1.29 is 4.79 Å². The third kappa shape index (κ3) is 3.17. The Morgan fingerprint density at radius 2 is 1.92 bits per heavy atom. The van der Waals surface area contributed by atoms with Gasteiger partial charge in [0.1, 0.15) is 0 Å². The summed E-state index contributed by atoms with van der Waals surface area (Å²) >= 11 is 1.39. The summed E-state index contributed by atoms with van der Waals surface area (Å²) in [7, 11) is 2.03. The van der Waals surface area contributed by atoms with Gasteiger partial charge >= 0.3 is 0 Å². The molecule has 0 radical (unpaired) electrons. The second-order valence-corrected chi connectivity index (χ2v) is 7.19. The molecule has 24 heavy (non-hydrogen) atoms. The Hall–Kier alpha value is -2.27. The van der Waals surface area contributed by atoms with E-state index < -0.39 is 0 Å². The summed E-state index contributed by atoms with van der Waals surface area (Å²) < 4.78 is 2.12. The molecule has 1 saturated heterocycles. The lowest BCUT2D eigenvalue weighted by atomic mass is 10.1. The number of rotatable bonds is 2. The van der Waals surface area contributed by atoms with Crippen LogP contribution in [0.25, 0.3) is 6.08 Å². The van der Waals surface area contributed by atoms with Gasteiger partial charge in [0.05, 0.1) is 10.6 Å². The zero-order valence-electron chi connectivity index (χ0n) is 14.6. The zero-order chi connectivity index (χ0) is 17.4. The molecule has 124 valence electrons. The molecule has 1 aromatic carbocycles. The van der Waals surface area contributed by atoms with E-state index in [1.165, 1.54) is 23.0 Å². The van der Waals surface area contributed by atoms with Crippen LogP contribution in [0.1, 0.15) is 28.1 Å². The van der Waals surface area contributed by atoms with Crippen molar-refractivity contribution in [3.63, 3.8) is 0 Å². The lowest BCUT2D eigenvalue weighted by Crippen LogP contribution is -2.19. The highest BCUT2D eigenvalue weighted by Gasteiger charge is 2.24. The van der Waals surface area contributed by atoms with Crippen LogP contribution in [-0.2, 0) is 11.8 Å². The van der Waals surface area contributed by atoms with Crippen molar-refractivity contribution >= 4 is 34.6 Å². The highest BCUT2D eigenvalue weighted by Crippen LogP contribution is 2.30. The number of amidine groups is 1. The number of benzene rings is 1. The van der Waals surface area contributed by atoms with Crippen LogP contribution < -0.4 is 5.32 Å². The van der Waals surface area contributed by atoms with Crippen LogP contribution in [0.3, 0.4) is 0 Å². The Balaban J connectivity index is 1.89. The number of carbonyl (C=O) groups excluding carboxylic acids is 1. The molecule has 0 unspecified atom stereocenters. The van der Waals surface area contributed by atoms with E-state index in [0.717, 1.165) is 22.5 Å². The van der Waals surface area contributed by atoms with Crippen LogP contribution in [0.2, 0.25) is 0 Å². The fraction of sp³-hybridized carbons (Fsp3) is 0.263. The average Bonchev–Trinajstić information content (AvgIpc) is 2.98. The van der Waals surface area contributed by atoms with Gasteiger partial charge in [-0.15, -0.1) is 0 Å². The maximum atomic E-state index is 12.2.